The Balaban J connectivity index is 2.18. The molecule has 0 saturated heterocycles. The van der Waals surface area contributed by atoms with Crippen LogP contribution >= 0.6 is 22.9 Å². The van der Waals surface area contributed by atoms with Crippen molar-refractivity contribution in [2.75, 3.05) is 7.05 Å². The molecule has 1 aliphatic carbocycles. The van der Waals surface area contributed by atoms with Gasteiger partial charge in [-0.1, -0.05) is 31.4 Å². The van der Waals surface area contributed by atoms with Crippen molar-refractivity contribution in [1.29, 1.82) is 0 Å². The highest BCUT2D eigenvalue weighted by molar-refractivity contribution is 7.10. The summed E-state index contributed by atoms with van der Waals surface area (Å²) in [5.41, 5.74) is 1.22. The SMILES string of the molecule is CNC(c1scc(C)c1Cl)C1CCCC(C)C1. The average molecular weight is 272 g/mol. The Labute approximate surface area is 114 Å². The van der Waals surface area contributed by atoms with Gasteiger partial charge in [0.05, 0.1) is 5.02 Å². The van der Waals surface area contributed by atoms with Gasteiger partial charge in [-0.3, -0.25) is 0 Å². The van der Waals surface area contributed by atoms with E-state index in [1.54, 1.807) is 0 Å². The first kappa shape index (κ1) is 13.4. The first-order valence-electron chi connectivity index (χ1n) is 6.54. The van der Waals surface area contributed by atoms with Gasteiger partial charge in [0.2, 0.25) is 0 Å². The van der Waals surface area contributed by atoms with E-state index < -0.39 is 0 Å². The van der Waals surface area contributed by atoms with Crippen LogP contribution in [0.2, 0.25) is 5.02 Å². The van der Waals surface area contributed by atoms with Gasteiger partial charge in [-0.25, -0.2) is 0 Å². The van der Waals surface area contributed by atoms with Crippen LogP contribution in [-0.4, -0.2) is 7.05 Å². The van der Waals surface area contributed by atoms with Crippen LogP contribution in [0.4, 0.5) is 0 Å². The van der Waals surface area contributed by atoms with Crippen LogP contribution in [0.3, 0.4) is 0 Å². The summed E-state index contributed by atoms with van der Waals surface area (Å²) >= 11 is 8.22. The predicted octanol–water partition coefficient (Wildman–Crippen LogP) is 4.80. The molecule has 1 fully saturated rings. The smallest absolute Gasteiger partial charge is 0.0590 e. The molecule has 1 N–H and O–H groups in total. The van der Waals surface area contributed by atoms with Gasteiger partial charge in [0.1, 0.15) is 0 Å². The summed E-state index contributed by atoms with van der Waals surface area (Å²) in [7, 11) is 2.06. The fourth-order valence-electron chi connectivity index (χ4n) is 3.02. The van der Waals surface area contributed by atoms with Gasteiger partial charge in [0.25, 0.3) is 0 Å². The fraction of sp³-hybridized carbons (Fsp3) is 0.714. The molecule has 0 bridgehead atoms. The summed E-state index contributed by atoms with van der Waals surface area (Å²) in [5, 5.41) is 6.64. The predicted molar refractivity (Wildman–Crippen MR) is 77.0 cm³/mol. The van der Waals surface area contributed by atoms with E-state index in [0.29, 0.717) is 6.04 Å². The average Bonchev–Trinajstić information content (AvgIpc) is 2.63. The maximum Gasteiger partial charge on any atom is 0.0590 e. The van der Waals surface area contributed by atoms with E-state index in [9.17, 15) is 0 Å². The lowest BCUT2D eigenvalue weighted by Crippen LogP contribution is -2.28. The van der Waals surface area contributed by atoms with Crippen LogP contribution in [0.15, 0.2) is 5.38 Å². The van der Waals surface area contributed by atoms with Crippen LogP contribution in [0.25, 0.3) is 0 Å². The molecule has 17 heavy (non-hydrogen) atoms. The maximum atomic E-state index is 6.41. The van der Waals surface area contributed by atoms with Crippen LogP contribution in [0, 0.1) is 18.8 Å². The Bertz CT molecular complexity index is 374. The molecule has 3 atom stereocenters. The van der Waals surface area contributed by atoms with E-state index in [1.165, 1.54) is 36.1 Å². The van der Waals surface area contributed by atoms with Crippen LogP contribution in [-0.2, 0) is 0 Å². The van der Waals surface area contributed by atoms with Crippen molar-refractivity contribution in [3.8, 4) is 0 Å². The zero-order valence-electron chi connectivity index (χ0n) is 10.9. The summed E-state index contributed by atoms with van der Waals surface area (Å²) in [5.74, 6) is 1.61. The van der Waals surface area contributed by atoms with Crippen molar-refractivity contribution < 1.29 is 0 Å². The molecule has 0 spiro atoms. The molecule has 1 aromatic heterocycles. The Hall–Kier alpha value is -0.0500. The second-order valence-corrected chi connectivity index (χ2v) is 6.68. The third-order valence-corrected chi connectivity index (χ3v) is 5.76. The monoisotopic (exact) mass is 271 g/mol. The number of nitrogens with one attached hydrogen (secondary N) is 1. The maximum absolute atomic E-state index is 6.41. The third-order valence-electron chi connectivity index (χ3n) is 3.97. The van der Waals surface area contributed by atoms with Crippen LogP contribution < -0.4 is 5.32 Å². The number of rotatable bonds is 3. The third kappa shape index (κ3) is 2.86. The fourth-order valence-corrected chi connectivity index (χ4v) is 4.54. The molecular formula is C14H22ClNS. The zero-order valence-corrected chi connectivity index (χ0v) is 12.5. The molecule has 0 aromatic carbocycles. The highest BCUT2D eigenvalue weighted by Crippen LogP contribution is 2.42. The van der Waals surface area contributed by atoms with E-state index in [-0.39, 0.29) is 0 Å². The van der Waals surface area contributed by atoms with Crippen molar-refractivity contribution in [3.63, 3.8) is 0 Å². The second-order valence-electron chi connectivity index (χ2n) is 5.40. The molecular weight excluding hydrogens is 250 g/mol. The standard InChI is InChI=1S/C14H22ClNS/c1-9-5-4-6-11(7-9)13(16-3)14-12(15)10(2)8-17-14/h8-9,11,13,16H,4-7H2,1-3H3. The van der Waals surface area contributed by atoms with E-state index in [0.717, 1.165) is 16.9 Å². The number of hydrogen-bond acceptors (Lipinski definition) is 2. The Morgan fingerprint density at radius 2 is 2.24 bits per heavy atom. The molecule has 2 rings (SSSR count). The van der Waals surface area contributed by atoms with Crippen molar-refractivity contribution in [2.45, 2.75) is 45.6 Å². The van der Waals surface area contributed by atoms with Gasteiger partial charge in [0.15, 0.2) is 0 Å². The minimum absolute atomic E-state index is 0.448. The van der Waals surface area contributed by atoms with E-state index in [4.69, 9.17) is 11.6 Å². The summed E-state index contributed by atoms with van der Waals surface area (Å²) in [6.07, 6.45) is 5.43. The molecule has 1 saturated carbocycles. The quantitative estimate of drug-likeness (QED) is 0.833. The largest absolute Gasteiger partial charge is 0.312 e. The number of hydrogen-bond donors (Lipinski definition) is 1. The van der Waals surface area contributed by atoms with Crippen molar-refractivity contribution in [1.82, 2.24) is 5.32 Å². The number of thiophene rings is 1. The normalized spacial score (nSPS) is 27.1. The summed E-state index contributed by atoms with van der Waals surface area (Å²) in [4.78, 5) is 1.34. The van der Waals surface area contributed by atoms with Gasteiger partial charge >= 0.3 is 0 Å². The summed E-state index contributed by atoms with van der Waals surface area (Å²) in [6, 6.07) is 0.448. The first-order valence-corrected chi connectivity index (χ1v) is 7.80. The lowest BCUT2D eigenvalue weighted by Gasteiger charge is -2.33. The molecule has 1 nitrogen and oxygen atoms in total. The molecule has 1 aromatic rings. The first-order chi connectivity index (χ1) is 8.13. The van der Waals surface area contributed by atoms with Gasteiger partial charge in [-0.15, -0.1) is 11.3 Å². The van der Waals surface area contributed by atoms with E-state index >= 15 is 0 Å². The lowest BCUT2D eigenvalue weighted by molar-refractivity contribution is 0.232. The summed E-state index contributed by atoms with van der Waals surface area (Å²) < 4.78 is 0. The summed E-state index contributed by atoms with van der Waals surface area (Å²) in [6.45, 7) is 4.47. The molecule has 1 heterocycles. The molecule has 0 amide bonds. The van der Waals surface area contributed by atoms with Crippen molar-refractivity contribution >= 4 is 22.9 Å². The Kier molecular flexibility index (Phi) is 4.51. The minimum Gasteiger partial charge on any atom is -0.312 e. The van der Waals surface area contributed by atoms with Crippen LogP contribution in [0.1, 0.15) is 49.1 Å². The van der Waals surface area contributed by atoms with E-state index in [2.05, 4.69) is 31.6 Å². The van der Waals surface area contributed by atoms with E-state index in [1.807, 2.05) is 11.3 Å². The molecule has 96 valence electrons. The van der Waals surface area contributed by atoms with Crippen molar-refractivity contribution in [3.05, 3.63) is 20.8 Å². The molecule has 3 heteroatoms. The van der Waals surface area contributed by atoms with Crippen molar-refractivity contribution in [2.24, 2.45) is 11.8 Å². The highest BCUT2D eigenvalue weighted by Gasteiger charge is 2.29. The second kappa shape index (κ2) is 5.73. The lowest BCUT2D eigenvalue weighted by atomic mass is 9.78. The Morgan fingerprint density at radius 3 is 2.76 bits per heavy atom. The van der Waals surface area contributed by atoms with Gasteiger partial charge < -0.3 is 5.32 Å². The van der Waals surface area contributed by atoms with Crippen LogP contribution in [0.5, 0.6) is 0 Å². The molecule has 0 radical (unpaired) electrons. The Morgan fingerprint density at radius 1 is 1.47 bits per heavy atom. The number of halogens is 1. The van der Waals surface area contributed by atoms with Gasteiger partial charge in [0, 0.05) is 10.9 Å². The highest BCUT2D eigenvalue weighted by atomic mass is 35.5. The molecule has 3 unspecified atom stereocenters. The number of aryl methyl sites for hydroxylation is 1. The topological polar surface area (TPSA) is 12.0 Å². The van der Waals surface area contributed by atoms with Gasteiger partial charge in [-0.05, 0) is 49.6 Å². The zero-order chi connectivity index (χ0) is 12.4. The van der Waals surface area contributed by atoms with Gasteiger partial charge in [-0.2, -0.15) is 0 Å². The molecule has 0 aliphatic heterocycles. The minimum atomic E-state index is 0.448. The molecule has 1 aliphatic rings.